The summed E-state index contributed by atoms with van der Waals surface area (Å²) in [5, 5.41) is 0. The van der Waals surface area contributed by atoms with Gasteiger partial charge in [-0.1, -0.05) is 63.1 Å². The van der Waals surface area contributed by atoms with Gasteiger partial charge in [0, 0.05) is 0 Å². The first kappa shape index (κ1) is 18.5. The van der Waals surface area contributed by atoms with E-state index in [0.717, 1.165) is 24.3 Å². The van der Waals surface area contributed by atoms with Gasteiger partial charge in [0.05, 0.1) is 11.5 Å². The minimum atomic E-state index is -3.61. The Morgan fingerprint density at radius 1 is 1.00 bits per heavy atom. The Balaban J connectivity index is 1.75. The van der Waals surface area contributed by atoms with Crippen LogP contribution in [0.5, 0.6) is 0 Å². The van der Waals surface area contributed by atoms with E-state index in [2.05, 4.69) is 6.92 Å². The average Bonchev–Trinajstić information content (AvgIpc) is 2.55. The number of aryl methyl sites for hydroxylation is 1. The van der Waals surface area contributed by atoms with E-state index >= 15 is 0 Å². The summed E-state index contributed by atoms with van der Waals surface area (Å²) in [6, 6.07) is 6.85. The smallest absolute Gasteiger partial charge is 0.266 e. The predicted octanol–water partition coefficient (Wildman–Crippen LogP) is 5.09. The lowest BCUT2D eigenvalue weighted by molar-refractivity contribution is 0.181. The molecule has 1 aliphatic rings. The minimum absolute atomic E-state index is 0.261. The molecule has 0 aromatic heterocycles. The Kier molecular flexibility index (Phi) is 7.09. The first-order chi connectivity index (χ1) is 11.0. The number of hydrogen-bond donors (Lipinski definition) is 0. The van der Waals surface area contributed by atoms with Crippen LogP contribution in [-0.2, 0) is 14.3 Å². The van der Waals surface area contributed by atoms with Crippen molar-refractivity contribution in [1.82, 2.24) is 0 Å². The fraction of sp³-hybridized carbons (Fsp3) is 0.684. The fourth-order valence-corrected chi connectivity index (χ4v) is 4.31. The summed E-state index contributed by atoms with van der Waals surface area (Å²) in [6.07, 6.45) is 9.93. The molecule has 0 unspecified atom stereocenters. The van der Waals surface area contributed by atoms with Gasteiger partial charge in [-0.15, -0.1) is 0 Å². The van der Waals surface area contributed by atoms with Crippen molar-refractivity contribution in [2.75, 3.05) is 6.61 Å². The van der Waals surface area contributed by atoms with Crippen LogP contribution >= 0.6 is 0 Å². The second kappa shape index (κ2) is 8.84. The van der Waals surface area contributed by atoms with Gasteiger partial charge < -0.3 is 0 Å². The number of unbranched alkanes of at least 4 members (excludes halogenated alkanes) is 2. The molecule has 1 saturated carbocycles. The molecule has 23 heavy (non-hydrogen) atoms. The van der Waals surface area contributed by atoms with Gasteiger partial charge in [0.2, 0.25) is 0 Å². The van der Waals surface area contributed by atoms with Crippen LogP contribution in [0.15, 0.2) is 29.2 Å². The van der Waals surface area contributed by atoms with Crippen LogP contribution in [-0.4, -0.2) is 15.0 Å². The summed E-state index contributed by atoms with van der Waals surface area (Å²) in [7, 11) is -3.61. The Bertz CT molecular complexity index is 555. The van der Waals surface area contributed by atoms with Gasteiger partial charge >= 0.3 is 0 Å². The normalized spacial score (nSPS) is 22.2. The molecule has 1 aliphatic carbocycles. The molecular formula is C19H30O3S. The van der Waals surface area contributed by atoms with Crippen molar-refractivity contribution in [1.29, 1.82) is 0 Å². The summed E-state index contributed by atoms with van der Waals surface area (Å²) in [6.45, 7) is 4.51. The topological polar surface area (TPSA) is 43.4 Å². The summed E-state index contributed by atoms with van der Waals surface area (Å²) in [5.74, 6) is 1.23. The van der Waals surface area contributed by atoms with E-state index in [1.54, 1.807) is 24.3 Å². The molecule has 3 nitrogen and oxygen atoms in total. The molecule has 0 heterocycles. The average molecular weight is 339 g/mol. The SMILES string of the molecule is CCCCC[C@H]1CC[C@H](COS(=O)(=O)c2ccc(C)cc2)CC1. The third-order valence-corrected chi connectivity index (χ3v) is 6.25. The number of rotatable bonds is 8. The van der Waals surface area contributed by atoms with Crippen LogP contribution in [0.3, 0.4) is 0 Å². The van der Waals surface area contributed by atoms with Gasteiger partial charge in [-0.3, -0.25) is 4.18 Å². The van der Waals surface area contributed by atoms with Crippen LogP contribution in [0.2, 0.25) is 0 Å². The maximum Gasteiger partial charge on any atom is 0.296 e. The van der Waals surface area contributed by atoms with Crippen molar-refractivity contribution in [3.63, 3.8) is 0 Å². The molecule has 0 saturated heterocycles. The van der Waals surface area contributed by atoms with E-state index in [-0.39, 0.29) is 4.90 Å². The summed E-state index contributed by atoms with van der Waals surface area (Å²) < 4.78 is 29.7. The Hall–Kier alpha value is -0.870. The van der Waals surface area contributed by atoms with Crippen molar-refractivity contribution in [2.24, 2.45) is 11.8 Å². The van der Waals surface area contributed by atoms with Gasteiger partial charge in [0.1, 0.15) is 0 Å². The fourth-order valence-electron chi connectivity index (χ4n) is 3.33. The molecule has 0 radical (unpaired) electrons. The molecule has 0 bridgehead atoms. The van der Waals surface area contributed by atoms with E-state index in [4.69, 9.17) is 4.18 Å². The molecule has 1 fully saturated rings. The second-order valence-corrected chi connectivity index (χ2v) is 8.55. The zero-order valence-corrected chi connectivity index (χ0v) is 15.3. The highest BCUT2D eigenvalue weighted by atomic mass is 32.2. The quantitative estimate of drug-likeness (QED) is 0.490. The van der Waals surface area contributed by atoms with Crippen LogP contribution in [0, 0.1) is 18.8 Å². The van der Waals surface area contributed by atoms with Gasteiger partial charge in [-0.2, -0.15) is 8.42 Å². The van der Waals surface area contributed by atoms with Gasteiger partial charge in [-0.05, 0) is 43.7 Å². The zero-order chi connectivity index (χ0) is 16.7. The molecule has 0 aliphatic heterocycles. The summed E-state index contributed by atoms with van der Waals surface area (Å²) >= 11 is 0. The highest BCUT2D eigenvalue weighted by molar-refractivity contribution is 7.86. The van der Waals surface area contributed by atoms with Crippen molar-refractivity contribution in [3.05, 3.63) is 29.8 Å². The second-order valence-electron chi connectivity index (χ2n) is 6.93. The molecule has 0 amide bonds. The van der Waals surface area contributed by atoms with Crippen molar-refractivity contribution < 1.29 is 12.6 Å². The van der Waals surface area contributed by atoms with Crippen molar-refractivity contribution in [2.45, 2.75) is 70.1 Å². The standard InChI is InChI=1S/C19H30O3S/c1-3-4-5-6-17-9-11-18(12-10-17)15-22-23(20,21)19-13-7-16(2)8-14-19/h7-8,13-14,17-18H,3-6,9-12,15H2,1-2H3/t17-,18-. The maximum atomic E-state index is 12.2. The first-order valence-electron chi connectivity index (χ1n) is 8.97. The summed E-state index contributed by atoms with van der Waals surface area (Å²) in [5.41, 5.74) is 1.05. The van der Waals surface area contributed by atoms with Crippen LogP contribution < -0.4 is 0 Å². The summed E-state index contributed by atoms with van der Waals surface area (Å²) in [4.78, 5) is 0.261. The molecular weight excluding hydrogens is 308 g/mol. The van der Waals surface area contributed by atoms with Crippen molar-refractivity contribution in [3.8, 4) is 0 Å². The molecule has 1 aromatic rings. The van der Waals surface area contributed by atoms with E-state index < -0.39 is 10.1 Å². The third-order valence-electron chi connectivity index (χ3n) is 4.95. The van der Waals surface area contributed by atoms with Crippen LogP contribution in [0.25, 0.3) is 0 Å². The lowest BCUT2D eigenvalue weighted by Crippen LogP contribution is -2.20. The lowest BCUT2D eigenvalue weighted by Gasteiger charge is -2.28. The highest BCUT2D eigenvalue weighted by Gasteiger charge is 2.23. The molecule has 2 rings (SSSR count). The number of hydrogen-bond acceptors (Lipinski definition) is 3. The molecule has 0 spiro atoms. The van der Waals surface area contributed by atoms with E-state index in [1.165, 1.54) is 38.5 Å². The van der Waals surface area contributed by atoms with E-state index in [0.29, 0.717) is 12.5 Å². The molecule has 130 valence electrons. The molecule has 4 heteroatoms. The van der Waals surface area contributed by atoms with Gasteiger partial charge in [0.15, 0.2) is 0 Å². The van der Waals surface area contributed by atoms with Gasteiger partial charge in [-0.25, -0.2) is 0 Å². The predicted molar refractivity (Wildman–Crippen MR) is 93.9 cm³/mol. The molecule has 0 N–H and O–H groups in total. The Labute approximate surface area is 141 Å². The zero-order valence-electron chi connectivity index (χ0n) is 14.5. The third kappa shape index (κ3) is 5.92. The Morgan fingerprint density at radius 3 is 2.22 bits per heavy atom. The highest BCUT2D eigenvalue weighted by Crippen LogP contribution is 2.32. The van der Waals surface area contributed by atoms with E-state index in [9.17, 15) is 8.42 Å². The van der Waals surface area contributed by atoms with Gasteiger partial charge in [0.25, 0.3) is 10.1 Å². The van der Waals surface area contributed by atoms with Crippen molar-refractivity contribution >= 4 is 10.1 Å². The number of benzene rings is 1. The monoisotopic (exact) mass is 338 g/mol. The van der Waals surface area contributed by atoms with Crippen LogP contribution in [0.1, 0.15) is 63.9 Å². The maximum absolute atomic E-state index is 12.2. The largest absolute Gasteiger partial charge is 0.296 e. The minimum Gasteiger partial charge on any atom is -0.266 e. The Morgan fingerprint density at radius 2 is 1.61 bits per heavy atom. The lowest BCUT2D eigenvalue weighted by atomic mass is 9.80. The van der Waals surface area contributed by atoms with E-state index in [1.807, 2.05) is 6.92 Å². The first-order valence-corrected chi connectivity index (χ1v) is 10.4. The molecule has 1 aromatic carbocycles. The van der Waals surface area contributed by atoms with Crippen LogP contribution in [0.4, 0.5) is 0 Å². The molecule has 0 atom stereocenters.